The van der Waals surface area contributed by atoms with Crippen LogP contribution in [0.1, 0.15) is 24.5 Å². The third-order valence-corrected chi connectivity index (χ3v) is 3.06. The number of rotatable bonds is 2. The van der Waals surface area contributed by atoms with Crippen LogP contribution < -0.4 is 0 Å². The highest BCUT2D eigenvalue weighted by molar-refractivity contribution is 5.80. The number of amides is 1. The number of nitrogens with zero attached hydrogens (tertiary/aromatic N) is 1. The largest absolute Gasteiger partial charge is 0.338 e. The number of hydrogen-bond acceptors (Lipinski definition) is 1. The molecule has 2 heteroatoms. The molecule has 0 spiro atoms. The second kappa shape index (κ2) is 4.05. The number of likely N-dealkylation sites (tertiary alicyclic amines) is 1. The Kier molecular flexibility index (Phi) is 2.76. The van der Waals surface area contributed by atoms with Crippen LogP contribution in [-0.4, -0.2) is 17.4 Å². The minimum Gasteiger partial charge on any atom is -0.338 e. The minimum atomic E-state index is 0.218. The quantitative estimate of drug-likeness (QED) is 0.722. The fourth-order valence-corrected chi connectivity index (χ4v) is 1.97. The number of hydrogen-bond donors (Lipinski definition) is 0. The maximum Gasteiger partial charge on any atom is 0.225 e. The topological polar surface area (TPSA) is 20.3 Å². The standard InChI is InChI=1S/C13H17NO/c1-10-3-5-12(6-4-10)9-14-8-7-11(2)13(14)15/h3-6,11H,7-9H2,1-2H3. The van der Waals surface area contributed by atoms with Crippen molar-refractivity contribution < 1.29 is 4.79 Å². The molecule has 80 valence electrons. The van der Waals surface area contributed by atoms with Crippen molar-refractivity contribution in [3.05, 3.63) is 35.4 Å². The monoisotopic (exact) mass is 203 g/mol. The van der Waals surface area contributed by atoms with E-state index in [0.29, 0.717) is 5.91 Å². The van der Waals surface area contributed by atoms with Crippen LogP contribution in [0.3, 0.4) is 0 Å². The van der Waals surface area contributed by atoms with E-state index in [1.54, 1.807) is 0 Å². The molecule has 2 nitrogen and oxygen atoms in total. The fourth-order valence-electron chi connectivity index (χ4n) is 1.97. The van der Waals surface area contributed by atoms with Crippen LogP contribution in [0.15, 0.2) is 24.3 Å². The third-order valence-electron chi connectivity index (χ3n) is 3.06. The third kappa shape index (κ3) is 2.20. The molecular formula is C13H17NO. The second-order valence-electron chi connectivity index (χ2n) is 4.44. The van der Waals surface area contributed by atoms with Gasteiger partial charge in [0.2, 0.25) is 5.91 Å². The minimum absolute atomic E-state index is 0.218. The predicted molar refractivity (Wildman–Crippen MR) is 60.4 cm³/mol. The van der Waals surface area contributed by atoms with Crippen molar-refractivity contribution in [2.75, 3.05) is 6.54 Å². The van der Waals surface area contributed by atoms with Crippen LogP contribution >= 0.6 is 0 Å². The summed E-state index contributed by atoms with van der Waals surface area (Å²) in [7, 11) is 0. The van der Waals surface area contributed by atoms with E-state index in [4.69, 9.17) is 0 Å². The Morgan fingerprint density at radius 2 is 2.00 bits per heavy atom. The van der Waals surface area contributed by atoms with Crippen LogP contribution in [0.25, 0.3) is 0 Å². The molecule has 1 aliphatic rings. The van der Waals surface area contributed by atoms with Crippen LogP contribution in [0.5, 0.6) is 0 Å². The van der Waals surface area contributed by atoms with E-state index in [2.05, 4.69) is 31.2 Å². The van der Waals surface area contributed by atoms with Gasteiger partial charge in [0.15, 0.2) is 0 Å². The maximum atomic E-state index is 11.7. The van der Waals surface area contributed by atoms with Crippen molar-refractivity contribution in [3.63, 3.8) is 0 Å². The van der Waals surface area contributed by atoms with Crippen molar-refractivity contribution in [1.29, 1.82) is 0 Å². The Bertz CT molecular complexity index is 355. The van der Waals surface area contributed by atoms with Crippen molar-refractivity contribution in [3.8, 4) is 0 Å². The van der Waals surface area contributed by atoms with E-state index in [0.717, 1.165) is 19.5 Å². The van der Waals surface area contributed by atoms with Gasteiger partial charge in [-0.3, -0.25) is 4.79 Å². The van der Waals surface area contributed by atoms with E-state index < -0.39 is 0 Å². The predicted octanol–water partition coefficient (Wildman–Crippen LogP) is 2.36. The van der Waals surface area contributed by atoms with Gasteiger partial charge in [0.1, 0.15) is 0 Å². The summed E-state index contributed by atoms with van der Waals surface area (Å²) < 4.78 is 0. The molecule has 1 aromatic rings. The molecule has 1 aliphatic heterocycles. The Morgan fingerprint density at radius 3 is 2.53 bits per heavy atom. The Hall–Kier alpha value is -1.31. The Morgan fingerprint density at radius 1 is 1.33 bits per heavy atom. The van der Waals surface area contributed by atoms with Gasteiger partial charge < -0.3 is 4.90 Å². The molecule has 1 amide bonds. The number of carbonyl (C=O) groups excluding carboxylic acids is 1. The van der Waals surface area contributed by atoms with Gasteiger partial charge in [0.05, 0.1) is 0 Å². The van der Waals surface area contributed by atoms with Gasteiger partial charge in [-0.2, -0.15) is 0 Å². The lowest BCUT2D eigenvalue weighted by atomic mass is 10.1. The normalized spacial score (nSPS) is 21.1. The average Bonchev–Trinajstić information content (AvgIpc) is 2.53. The molecule has 0 aliphatic carbocycles. The van der Waals surface area contributed by atoms with E-state index in [1.807, 2.05) is 11.8 Å². The molecule has 1 atom stereocenters. The summed E-state index contributed by atoms with van der Waals surface area (Å²) in [6.45, 7) is 5.77. The first-order valence-electron chi connectivity index (χ1n) is 5.51. The number of carbonyl (C=O) groups is 1. The van der Waals surface area contributed by atoms with Crippen LogP contribution in [0, 0.1) is 12.8 Å². The van der Waals surface area contributed by atoms with Crippen LogP contribution in [0.2, 0.25) is 0 Å². The van der Waals surface area contributed by atoms with Crippen molar-refractivity contribution in [2.24, 2.45) is 5.92 Å². The molecule has 0 radical (unpaired) electrons. The van der Waals surface area contributed by atoms with E-state index in [1.165, 1.54) is 11.1 Å². The van der Waals surface area contributed by atoms with Gasteiger partial charge in [-0.25, -0.2) is 0 Å². The zero-order valence-electron chi connectivity index (χ0n) is 9.36. The lowest BCUT2D eigenvalue weighted by Crippen LogP contribution is -2.26. The summed E-state index contributed by atoms with van der Waals surface area (Å²) in [5.74, 6) is 0.519. The summed E-state index contributed by atoms with van der Waals surface area (Å²) >= 11 is 0. The first-order valence-corrected chi connectivity index (χ1v) is 5.51. The smallest absolute Gasteiger partial charge is 0.225 e. The molecule has 1 heterocycles. The van der Waals surface area contributed by atoms with E-state index in [-0.39, 0.29) is 5.92 Å². The highest BCUT2D eigenvalue weighted by Crippen LogP contribution is 2.19. The highest BCUT2D eigenvalue weighted by Gasteiger charge is 2.27. The van der Waals surface area contributed by atoms with E-state index >= 15 is 0 Å². The number of benzene rings is 1. The average molecular weight is 203 g/mol. The SMILES string of the molecule is Cc1ccc(CN2CCC(C)C2=O)cc1. The molecule has 1 aromatic carbocycles. The molecule has 15 heavy (non-hydrogen) atoms. The Labute approximate surface area is 90.9 Å². The lowest BCUT2D eigenvalue weighted by molar-refractivity contribution is -0.131. The van der Waals surface area contributed by atoms with Crippen molar-refractivity contribution >= 4 is 5.91 Å². The van der Waals surface area contributed by atoms with Crippen LogP contribution in [-0.2, 0) is 11.3 Å². The van der Waals surface area contributed by atoms with Crippen molar-refractivity contribution in [1.82, 2.24) is 4.90 Å². The maximum absolute atomic E-state index is 11.7. The molecule has 1 saturated heterocycles. The first kappa shape index (κ1) is 10.2. The second-order valence-corrected chi connectivity index (χ2v) is 4.44. The fraction of sp³-hybridized carbons (Fsp3) is 0.462. The van der Waals surface area contributed by atoms with Gasteiger partial charge >= 0.3 is 0 Å². The number of aryl methyl sites for hydroxylation is 1. The lowest BCUT2D eigenvalue weighted by Gasteiger charge is -2.16. The van der Waals surface area contributed by atoms with E-state index in [9.17, 15) is 4.79 Å². The Balaban J connectivity index is 2.03. The molecule has 0 bridgehead atoms. The molecule has 1 fully saturated rings. The molecule has 0 saturated carbocycles. The highest BCUT2D eigenvalue weighted by atomic mass is 16.2. The van der Waals surface area contributed by atoms with Gasteiger partial charge in [0, 0.05) is 19.0 Å². The zero-order valence-corrected chi connectivity index (χ0v) is 9.36. The summed E-state index contributed by atoms with van der Waals surface area (Å²) in [4.78, 5) is 13.7. The van der Waals surface area contributed by atoms with Gasteiger partial charge in [-0.05, 0) is 18.9 Å². The van der Waals surface area contributed by atoms with Crippen molar-refractivity contribution in [2.45, 2.75) is 26.8 Å². The molecule has 1 unspecified atom stereocenters. The molecular weight excluding hydrogens is 186 g/mol. The van der Waals surface area contributed by atoms with Gasteiger partial charge in [-0.1, -0.05) is 36.8 Å². The summed E-state index contributed by atoms with van der Waals surface area (Å²) in [6, 6.07) is 8.40. The zero-order chi connectivity index (χ0) is 10.8. The van der Waals surface area contributed by atoms with Gasteiger partial charge in [-0.15, -0.1) is 0 Å². The molecule has 0 N–H and O–H groups in total. The molecule has 0 aromatic heterocycles. The summed E-state index contributed by atoms with van der Waals surface area (Å²) in [6.07, 6.45) is 1.00. The van der Waals surface area contributed by atoms with Crippen LogP contribution in [0.4, 0.5) is 0 Å². The first-order chi connectivity index (χ1) is 7.16. The molecule has 2 rings (SSSR count). The van der Waals surface area contributed by atoms with Gasteiger partial charge in [0.25, 0.3) is 0 Å². The summed E-state index contributed by atoms with van der Waals surface area (Å²) in [5.41, 5.74) is 2.49. The summed E-state index contributed by atoms with van der Waals surface area (Å²) in [5, 5.41) is 0.